The van der Waals surface area contributed by atoms with Crippen LogP contribution in [0.15, 0.2) is 36.7 Å². The molecule has 1 aromatic carbocycles. The summed E-state index contributed by atoms with van der Waals surface area (Å²) in [5.74, 6) is 0.729. The standard InChI is InChI=1S/C20H28N4O3.ClH/c1-26-15-20(7-9-21-10-8-20)14-22-19(25)17-11-23-24(13-17)12-16-3-5-18(27-2)6-4-16;/h3-6,11,13,21H,7-10,12,14-15H2,1-2H3,(H,22,25);1H. The third-order valence-electron chi connectivity index (χ3n) is 5.14. The fraction of sp³-hybridized carbons (Fsp3) is 0.500. The molecule has 0 atom stereocenters. The van der Waals surface area contributed by atoms with E-state index in [4.69, 9.17) is 9.47 Å². The van der Waals surface area contributed by atoms with Crippen molar-refractivity contribution < 1.29 is 14.3 Å². The van der Waals surface area contributed by atoms with Gasteiger partial charge in [0.15, 0.2) is 0 Å². The zero-order chi connectivity index (χ0) is 19.1. The minimum absolute atomic E-state index is 0. The van der Waals surface area contributed by atoms with Gasteiger partial charge in [-0.05, 0) is 43.6 Å². The Labute approximate surface area is 172 Å². The molecule has 1 aliphatic heterocycles. The van der Waals surface area contributed by atoms with Crippen molar-refractivity contribution in [2.24, 2.45) is 5.41 Å². The van der Waals surface area contributed by atoms with E-state index in [1.165, 1.54) is 0 Å². The summed E-state index contributed by atoms with van der Waals surface area (Å²) in [6, 6.07) is 7.82. The van der Waals surface area contributed by atoms with E-state index in [0.29, 0.717) is 25.3 Å². The van der Waals surface area contributed by atoms with Crippen LogP contribution in [0.25, 0.3) is 0 Å². The topological polar surface area (TPSA) is 77.4 Å². The first-order valence-corrected chi connectivity index (χ1v) is 9.27. The maximum atomic E-state index is 12.5. The van der Waals surface area contributed by atoms with Crippen LogP contribution >= 0.6 is 12.4 Å². The second-order valence-corrected chi connectivity index (χ2v) is 7.14. The minimum atomic E-state index is -0.0926. The summed E-state index contributed by atoms with van der Waals surface area (Å²) in [5.41, 5.74) is 1.68. The van der Waals surface area contributed by atoms with Gasteiger partial charge in [-0.25, -0.2) is 0 Å². The molecule has 1 aliphatic rings. The lowest BCUT2D eigenvalue weighted by Gasteiger charge is -2.37. The number of ether oxygens (including phenoxy) is 2. The van der Waals surface area contributed by atoms with Crippen molar-refractivity contribution in [3.8, 4) is 5.75 Å². The van der Waals surface area contributed by atoms with Gasteiger partial charge in [0.05, 0.1) is 32.0 Å². The van der Waals surface area contributed by atoms with Gasteiger partial charge in [0.2, 0.25) is 0 Å². The second-order valence-electron chi connectivity index (χ2n) is 7.14. The fourth-order valence-corrected chi connectivity index (χ4v) is 3.49. The SMILES string of the molecule is COCC1(CNC(=O)c2cnn(Cc3ccc(OC)cc3)c2)CCNCC1.Cl. The Morgan fingerprint density at radius 2 is 1.96 bits per heavy atom. The van der Waals surface area contributed by atoms with Crippen LogP contribution in [0.3, 0.4) is 0 Å². The molecule has 0 bridgehead atoms. The Kier molecular flexibility index (Phi) is 8.29. The third-order valence-corrected chi connectivity index (χ3v) is 5.14. The fourth-order valence-electron chi connectivity index (χ4n) is 3.49. The van der Waals surface area contributed by atoms with Crippen molar-refractivity contribution >= 4 is 18.3 Å². The lowest BCUT2D eigenvalue weighted by atomic mass is 9.79. The van der Waals surface area contributed by atoms with Crippen LogP contribution in [0.1, 0.15) is 28.8 Å². The number of carbonyl (C=O) groups excluding carboxylic acids is 1. The highest BCUT2D eigenvalue weighted by Gasteiger charge is 2.32. The molecule has 2 heterocycles. The van der Waals surface area contributed by atoms with Gasteiger partial charge in [0.25, 0.3) is 5.91 Å². The average molecular weight is 409 g/mol. The molecular weight excluding hydrogens is 380 g/mol. The zero-order valence-electron chi connectivity index (χ0n) is 16.4. The average Bonchev–Trinajstić information content (AvgIpc) is 3.16. The molecule has 154 valence electrons. The van der Waals surface area contributed by atoms with E-state index in [0.717, 1.165) is 37.2 Å². The molecule has 1 aromatic heterocycles. The highest BCUT2D eigenvalue weighted by atomic mass is 35.5. The molecule has 0 spiro atoms. The molecule has 0 unspecified atom stereocenters. The lowest BCUT2D eigenvalue weighted by molar-refractivity contribution is 0.0511. The van der Waals surface area contributed by atoms with Gasteiger partial charge in [-0.3, -0.25) is 9.48 Å². The van der Waals surface area contributed by atoms with Gasteiger partial charge in [-0.1, -0.05) is 12.1 Å². The molecule has 0 saturated carbocycles. The van der Waals surface area contributed by atoms with Crippen molar-refractivity contribution in [2.75, 3.05) is 40.5 Å². The van der Waals surface area contributed by atoms with Gasteiger partial charge in [-0.2, -0.15) is 5.10 Å². The second kappa shape index (κ2) is 10.5. The predicted octanol–water partition coefficient (Wildman–Crippen LogP) is 2.11. The van der Waals surface area contributed by atoms with Crippen molar-refractivity contribution in [1.29, 1.82) is 0 Å². The van der Waals surface area contributed by atoms with Crippen LogP contribution in [-0.2, 0) is 11.3 Å². The molecule has 8 heteroatoms. The molecule has 2 N–H and O–H groups in total. The number of aromatic nitrogens is 2. The number of carbonyl (C=O) groups is 1. The number of piperidine rings is 1. The molecule has 28 heavy (non-hydrogen) atoms. The Bertz CT molecular complexity index is 737. The number of amides is 1. The van der Waals surface area contributed by atoms with E-state index in [1.807, 2.05) is 24.3 Å². The summed E-state index contributed by atoms with van der Waals surface area (Å²) >= 11 is 0. The van der Waals surface area contributed by atoms with E-state index in [2.05, 4.69) is 15.7 Å². The number of benzene rings is 1. The Morgan fingerprint density at radius 3 is 2.61 bits per heavy atom. The van der Waals surface area contributed by atoms with Gasteiger partial charge >= 0.3 is 0 Å². The highest BCUT2D eigenvalue weighted by molar-refractivity contribution is 5.93. The maximum Gasteiger partial charge on any atom is 0.254 e. The molecule has 3 rings (SSSR count). The Hall–Kier alpha value is -2.09. The molecule has 1 saturated heterocycles. The molecule has 2 aromatic rings. The van der Waals surface area contributed by atoms with E-state index in [-0.39, 0.29) is 23.7 Å². The van der Waals surface area contributed by atoms with E-state index < -0.39 is 0 Å². The lowest BCUT2D eigenvalue weighted by Crippen LogP contribution is -2.47. The van der Waals surface area contributed by atoms with Gasteiger partial charge < -0.3 is 20.1 Å². The predicted molar refractivity (Wildman–Crippen MR) is 110 cm³/mol. The number of halogens is 1. The van der Waals surface area contributed by atoms with Crippen molar-refractivity contribution in [3.05, 3.63) is 47.8 Å². The molecule has 7 nitrogen and oxygen atoms in total. The molecular formula is C20H29ClN4O3. The van der Waals surface area contributed by atoms with Crippen molar-refractivity contribution in [3.63, 3.8) is 0 Å². The quantitative estimate of drug-likeness (QED) is 0.699. The first kappa shape index (κ1) is 22.2. The maximum absolute atomic E-state index is 12.5. The van der Waals surface area contributed by atoms with Crippen molar-refractivity contribution in [1.82, 2.24) is 20.4 Å². The number of methoxy groups -OCH3 is 2. The summed E-state index contributed by atoms with van der Waals surface area (Å²) in [6.07, 6.45) is 5.39. The first-order chi connectivity index (χ1) is 13.1. The monoisotopic (exact) mass is 408 g/mol. The smallest absolute Gasteiger partial charge is 0.254 e. The number of hydrogen-bond donors (Lipinski definition) is 2. The summed E-state index contributed by atoms with van der Waals surface area (Å²) in [5, 5.41) is 10.7. The third kappa shape index (κ3) is 5.70. The van der Waals surface area contributed by atoms with E-state index in [1.54, 1.807) is 31.3 Å². The molecule has 1 amide bonds. The zero-order valence-corrected chi connectivity index (χ0v) is 17.3. The van der Waals surface area contributed by atoms with Crippen LogP contribution < -0.4 is 15.4 Å². The minimum Gasteiger partial charge on any atom is -0.497 e. The first-order valence-electron chi connectivity index (χ1n) is 9.27. The summed E-state index contributed by atoms with van der Waals surface area (Å²) < 4.78 is 12.3. The normalized spacial score (nSPS) is 15.5. The summed E-state index contributed by atoms with van der Waals surface area (Å²) in [4.78, 5) is 12.5. The molecule has 0 aliphatic carbocycles. The number of nitrogens with zero attached hydrogens (tertiary/aromatic N) is 2. The molecule has 0 radical (unpaired) electrons. The largest absolute Gasteiger partial charge is 0.497 e. The summed E-state index contributed by atoms with van der Waals surface area (Å²) in [7, 11) is 3.36. The van der Waals surface area contributed by atoms with Crippen LogP contribution in [0.5, 0.6) is 5.75 Å². The van der Waals surface area contributed by atoms with E-state index >= 15 is 0 Å². The van der Waals surface area contributed by atoms with Gasteiger partial charge in [-0.15, -0.1) is 12.4 Å². The van der Waals surface area contributed by atoms with Crippen LogP contribution in [0.4, 0.5) is 0 Å². The number of hydrogen-bond acceptors (Lipinski definition) is 5. The van der Waals surface area contributed by atoms with Crippen molar-refractivity contribution in [2.45, 2.75) is 19.4 Å². The molecule has 1 fully saturated rings. The van der Waals surface area contributed by atoms with Gasteiger partial charge in [0, 0.05) is 25.3 Å². The summed E-state index contributed by atoms with van der Waals surface area (Å²) in [6.45, 7) is 3.80. The van der Waals surface area contributed by atoms with Crippen LogP contribution in [0, 0.1) is 5.41 Å². The Balaban J connectivity index is 0.00000280. The van der Waals surface area contributed by atoms with Crippen LogP contribution in [0.2, 0.25) is 0 Å². The van der Waals surface area contributed by atoms with Gasteiger partial charge in [0.1, 0.15) is 5.75 Å². The number of rotatable bonds is 8. The van der Waals surface area contributed by atoms with Crippen LogP contribution in [-0.4, -0.2) is 56.1 Å². The van der Waals surface area contributed by atoms with E-state index in [9.17, 15) is 4.79 Å². The highest BCUT2D eigenvalue weighted by Crippen LogP contribution is 2.28. The Morgan fingerprint density at radius 1 is 1.25 bits per heavy atom. The number of nitrogens with one attached hydrogen (secondary N) is 2.